The minimum absolute atomic E-state index is 0.156. The summed E-state index contributed by atoms with van der Waals surface area (Å²) < 4.78 is 15.9. The van der Waals surface area contributed by atoms with E-state index in [1.54, 1.807) is 19.1 Å². The number of anilines is 1. The first-order valence-electron chi connectivity index (χ1n) is 9.30. The predicted molar refractivity (Wildman–Crippen MR) is 108 cm³/mol. The number of ether oxygens (including phenoxy) is 1. The van der Waals surface area contributed by atoms with Gasteiger partial charge in [0.1, 0.15) is 16.9 Å². The Morgan fingerprint density at radius 1 is 1.07 bits per heavy atom. The highest BCUT2D eigenvalue weighted by atomic mass is 16.5. The smallest absolute Gasteiger partial charge is 0.306 e. The molecule has 0 atom stereocenters. The molecule has 0 aliphatic rings. The molecule has 4 rings (SSSR count). The molecule has 0 bridgehead atoms. The molecule has 7 nitrogen and oxygen atoms in total. The number of nitrogens with one attached hydrogen (secondary N) is 1. The van der Waals surface area contributed by atoms with Gasteiger partial charge in [-0.05, 0) is 44.5 Å². The molecule has 0 saturated heterocycles. The van der Waals surface area contributed by atoms with Gasteiger partial charge in [-0.3, -0.25) is 9.59 Å². The van der Waals surface area contributed by atoms with Crippen molar-refractivity contribution in [3.05, 3.63) is 59.5 Å². The molecule has 0 unspecified atom stereocenters. The van der Waals surface area contributed by atoms with Gasteiger partial charge < -0.3 is 19.0 Å². The Labute approximate surface area is 166 Å². The quantitative estimate of drug-likeness (QED) is 0.492. The van der Waals surface area contributed by atoms with Gasteiger partial charge in [0.05, 0.1) is 5.69 Å². The highest BCUT2D eigenvalue weighted by molar-refractivity contribution is 6.07. The Hall–Kier alpha value is -3.61. The van der Waals surface area contributed by atoms with Crippen LogP contribution in [0.5, 0.6) is 0 Å². The second-order valence-electron chi connectivity index (χ2n) is 6.82. The molecule has 0 aliphatic heterocycles. The maximum Gasteiger partial charge on any atom is 0.306 e. The van der Waals surface area contributed by atoms with E-state index in [9.17, 15) is 9.59 Å². The highest BCUT2D eigenvalue weighted by Gasteiger charge is 2.14. The number of benzene rings is 2. The molecule has 7 heteroatoms. The van der Waals surface area contributed by atoms with Crippen molar-refractivity contribution < 1.29 is 23.3 Å². The summed E-state index contributed by atoms with van der Waals surface area (Å²) in [6.07, 6.45) is 0.620. The summed E-state index contributed by atoms with van der Waals surface area (Å²) in [5.41, 5.74) is 3.80. The van der Waals surface area contributed by atoms with E-state index in [1.807, 2.05) is 37.3 Å². The third kappa shape index (κ3) is 3.99. The molecule has 2 aromatic carbocycles. The van der Waals surface area contributed by atoms with Crippen LogP contribution in [0, 0.1) is 13.8 Å². The van der Waals surface area contributed by atoms with Crippen molar-refractivity contribution in [1.82, 2.24) is 5.16 Å². The molecule has 0 aliphatic carbocycles. The molecule has 1 N–H and O–H groups in total. The first-order chi connectivity index (χ1) is 14.0. The van der Waals surface area contributed by atoms with E-state index in [4.69, 9.17) is 13.7 Å². The zero-order chi connectivity index (χ0) is 20.4. The fraction of sp³-hybridized carbons (Fsp3) is 0.227. The van der Waals surface area contributed by atoms with Crippen LogP contribution in [0.3, 0.4) is 0 Å². The lowest BCUT2D eigenvalue weighted by Gasteiger charge is -2.07. The minimum Gasteiger partial charge on any atom is -0.456 e. The number of aryl methyl sites for hydroxylation is 2. The van der Waals surface area contributed by atoms with Gasteiger partial charge in [-0.2, -0.15) is 0 Å². The van der Waals surface area contributed by atoms with Gasteiger partial charge in [0.25, 0.3) is 5.91 Å². The van der Waals surface area contributed by atoms with Crippen LogP contribution in [-0.2, 0) is 20.7 Å². The van der Waals surface area contributed by atoms with Gasteiger partial charge in [-0.25, -0.2) is 0 Å². The van der Waals surface area contributed by atoms with Crippen molar-refractivity contribution in [3.8, 4) is 0 Å². The summed E-state index contributed by atoms with van der Waals surface area (Å²) in [7, 11) is 0. The summed E-state index contributed by atoms with van der Waals surface area (Å²) in [6.45, 7) is 3.28. The van der Waals surface area contributed by atoms with Crippen LogP contribution in [0.15, 0.2) is 51.4 Å². The van der Waals surface area contributed by atoms with Gasteiger partial charge in [-0.1, -0.05) is 23.4 Å². The normalized spacial score (nSPS) is 11.1. The first kappa shape index (κ1) is 18.7. The number of carbonyl (C=O) groups excluding carboxylic acids is 2. The van der Waals surface area contributed by atoms with E-state index in [-0.39, 0.29) is 13.0 Å². The molecule has 29 heavy (non-hydrogen) atoms. The standard InChI is InChI=1S/C22H20N2O5/c1-13-16(14(2)29-24-13)8-10-22(26)27-12-21(25)23-15-7-9-20-18(11-15)17-5-3-4-6-19(17)28-20/h3-7,9,11H,8,10,12H2,1-2H3,(H,23,25). The number of amides is 1. The summed E-state index contributed by atoms with van der Waals surface area (Å²) in [4.78, 5) is 24.1. The summed E-state index contributed by atoms with van der Waals surface area (Å²) in [5.74, 6) is -0.158. The Kier molecular flexibility index (Phi) is 5.03. The minimum atomic E-state index is -0.448. The number of hydrogen-bond acceptors (Lipinski definition) is 6. The Morgan fingerprint density at radius 3 is 2.66 bits per heavy atom. The maximum absolute atomic E-state index is 12.2. The predicted octanol–water partition coefficient (Wildman–Crippen LogP) is 4.31. The average molecular weight is 392 g/mol. The number of aromatic nitrogens is 1. The Balaban J connectivity index is 1.33. The van der Waals surface area contributed by atoms with Crippen LogP contribution in [0.1, 0.15) is 23.4 Å². The number of carbonyl (C=O) groups is 2. The van der Waals surface area contributed by atoms with Gasteiger partial charge in [0.15, 0.2) is 6.61 Å². The molecule has 0 radical (unpaired) electrons. The van der Waals surface area contributed by atoms with E-state index >= 15 is 0 Å². The van der Waals surface area contributed by atoms with Crippen molar-refractivity contribution in [1.29, 1.82) is 0 Å². The number of rotatable bonds is 6. The molecule has 2 aromatic heterocycles. The summed E-state index contributed by atoms with van der Waals surface area (Å²) >= 11 is 0. The second kappa shape index (κ2) is 7.79. The molecule has 0 spiro atoms. The van der Waals surface area contributed by atoms with Crippen molar-refractivity contribution in [3.63, 3.8) is 0 Å². The summed E-state index contributed by atoms with van der Waals surface area (Å²) in [6, 6.07) is 13.1. The van der Waals surface area contributed by atoms with Crippen molar-refractivity contribution >= 4 is 39.5 Å². The third-order valence-electron chi connectivity index (χ3n) is 4.79. The van der Waals surface area contributed by atoms with E-state index in [0.29, 0.717) is 17.9 Å². The fourth-order valence-corrected chi connectivity index (χ4v) is 3.30. The van der Waals surface area contributed by atoms with Gasteiger partial charge >= 0.3 is 5.97 Å². The lowest BCUT2D eigenvalue weighted by Crippen LogP contribution is -2.21. The average Bonchev–Trinajstić information content (AvgIpc) is 3.24. The number of fused-ring (bicyclic) bond motifs is 3. The topological polar surface area (TPSA) is 94.6 Å². The largest absolute Gasteiger partial charge is 0.456 e. The van der Waals surface area contributed by atoms with Crippen molar-refractivity contribution in [2.24, 2.45) is 0 Å². The second-order valence-corrected chi connectivity index (χ2v) is 6.82. The SMILES string of the molecule is Cc1noc(C)c1CCC(=O)OCC(=O)Nc1ccc2oc3ccccc3c2c1. The van der Waals surface area contributed by atoms with Crippen LogP contribution >= 0.6 is 0 Å². The zero-order valence-electron chi connectivity index (χ0n) is 16.2. The first-order valence-corrected chi connectivity index (χ1v) is 9.30. The number of nitrogens with zero attached hydrogens (tertiary/aromatic N) is 1. The van der Waals surface area contributed by atoms with Gasteiger partial charge in [0, 0.05) is 28.4 Å². The highest BCUT2D eigenvalue weighted by Crippen LogP contribution is 2.30. The lowest BCUT2D eigenvalue weighted by atomic mass is 10.1. The summed E-state index contributed by atoms with van der Waals surface area (Å²) in [5, 5.41) is 8.49. The molecular weight excluding hydrogens is 372 g/mol. The van der Waals surface area contributed by atoms with E-state index in [0.717, 1.165) is 33.2 Å². The maximum atomic E-state index is 12.2. The fourth-order valence-electron chi connectivity index (χ4n) is 3.30. The van der Waals surface area contributed by atoms with Crippen LogP contribution in [-0.4, -0.2) is 23.6 Å². The number of hydrogen-bond donors (Lipinski definition) is 1. The van der Waals surface area contributed by atoms with Crippen LogP contribution in [0.25, 0.3) is 21.9 Å². The van der Waals surface area contributed by atoms with E-state index < -0.39 is 11.9 Å². The Bertz CT molecular complexity index is 1190. The molecule has 4 aromatic rings. The third-order valence-corrected chi connectivity index (χ3v) is 4.79. The monoisotopic (exact) mass is 392 g/mol. The number of esters is 1. The molecular formula is C22H20N2O5. The molecule has 0 saturated carbocycles. The molecule has 1 amide bonds. The number of para-hydroxylation sites is 1. The molecule has 0 fully saturated rings. The van der Waals surface area contributed by atoms with Crippen LogP contribution in [0.2, 0.25) is 0 Å². The van der Waals surface area contributed by atoms with Gasteiger partial charge in [-0.15, -0.1) is 0 Å². The van der Waals surface area contributed by atoms with Gasteiger partial charge in [0.2, 0.25) is 0 Å². The lowest BCUT2D eigenvalue weighted by molar-refractivity contribution is -0.147. The Morgan fingerprint density at radius 2 is 1.86 bits per heavy atom. The van der Waals surface area contributed by atoms with Crippen LogP contribution in [0.4, 0.5) is 5.69 Å². The zero-order valence-corrected chi connectivity index (χ0v) is 16.2. The van der Waals surface area contributed by atoms with Crippen molar-refractivity contribution in [2.45, 2.75) is 26.7 Å². The van der Waals surface area contributed by atoms with E-state index in [1.165, 1.54) is 0 Å². The van der Waals surface area contributed by atoms with E-state index in [2.05, 4.69) is 10.5 Å². The van der Waals surface area contributed by atoms with Crippen LogP contribution < -0.4 is 5.32 Å². The number of furan rings is 1. The molecule has 148 valence electrons. The molecule has 2 heterocycles. The van der Waals surface area contributed by atoms with Crippen molar-refractivity contribution in [2.75, 3.05) is 11.9 Å².